The molecule has 2 rings (SSSR count). The van der Waals surface area contributed by atoms with Crippen molar-refractivity contribution in [3.05, 3.63) is 46.5 Å². The molecule has 0 aliphatic rings. The molecule has 0 radical (unpaired) electrons. The van der Waals surface area contributed by atoms with Crippen LogP contribution in [0.5, 0.6) is 5.75 Å². The fourth-order valence-electron chi connectivity index (χ4n) is 2.62. The molecule has 13 heteroatoms. The molecule has 1 heterocycles. The SMILES string of the molecule is CCN(C(=N)CO)C(=O)Nc1c[nH]c(/C(F)=C/c2c(F)cccc2Cl)c1O[C@@H](C)C(F)(F)F. The number of alkyl halides is 3. The number of urea groups is 1. The summed E-state index contributed by atoms with van der Waals surface area (Å²) in [4.78, 5) is 15.6. The van der Waals surface area contributed by atoms with Gasteiger partial charge in [0.25, 0.3) is 0 Å². The first-order chi connectivity index (χ1) is 15.4. The standard InChI is InChI=1S/C20H20ClF5N4O3/c1-3-30(16(27)9-31)19(32)29-15-8-28-17(18(15)33-10(2)20(24,25)26)14(23)7-11-12(21)5-4-6-13(11)22/h4-8,10,27-28,31H,3,9H2,1-2H3,(H,29,32)/b14-7-,27-16?/t10-/m0/s1. The maximum absolute atomic E-state index is 15.0. The van der Waals surface area contributed by atoms with Crippen molar-refractivity contribution in [2.24, 2.45) is 0 Å². The number of aliphatic hydroxyl groups excluding tert-OH is 1. The van der Waals surface area contributed by atoms with Gasteiger partial charge in [-0.05, 0) is 32.1 Å². The van der Waals surface area contributed by atoms with E-state index in [2.05, 4.69) is 10.3 Å². The highest BCUT2D eigenvalue weighted by Gasteiger charge is 2.39. The van der Waals surface area contributed by atoms with Crippen LogP contribution in [0.25, 0.3) is 11.9 Å². The van der Waals surface area contributed by atoms with Crippen LogP contribution in [0.4, 0.5) is 32.4 Å². The fraction of sp³-hybridized carbons (Fsp3) is 0.300. The predicted octanol–water partition coefficient (Wildman–Crippen LogP) is 5.43. The number of benzene rings is 1. The number of hydrogen-bond donors (Lipinski definition) is 4. The third kappa shape index (κ3) is 6.23. The number of aromatic nitrogens is 1. The average molecular weight is 495 g/mol. The van der Waals surface area contributed by atoms with Gasteiger partial charge in [0.15, 0.2) is 17.7 Å². The zero-order chi connectivity index (χ0) is 24.9. The quantitative estimate of drug-likeness (QED) is 0.234. The lowest BCUT2D eigenvalue weighted by Gasteiger charge is -2.22. The number of aliphatic hydroxyl groups is 1. The van der Waals surface area contributed by atoms with E-state index in [1.807, 2.05) is 0 Å². The number of hydrogen-bond acceptors (Lipinski definition) is 4. The number of anilines is 1. The van der Waals surface area contributed by atoms with Gasteiger partial charge < -0.3 is 20.1 Å². The monoisotopic (exact) mass is 494 g/mol. The van der Waals surface area contributed by atoms with Crippen molar-refractivity contribution in [1.29, 1.82) is 5.41 Å². The number of H-pyrrole nitrogens is 1. The highest BCUT2D eigenvalue weighted by molar-refractivity contribution is 6.32. The molecule has 1 aromatic heterocycles. The van der Waals surface area contributed by atoms with Crippen molar-refractivity contribution in [3.8, 4) is 5.75 Å². The molecule has 33 heavy (non-hydrogen) atoms. The van der Waals surface area contributed by atoms with E-state index in [0.29, 0.717) is 13.0 Å². The van der Waals surface area contributed by atoms with Crippen molar-refractivity contribution in [2.75, 3.05) is 18.5 Å². The average Bonchev–Trinajstić information content (AvgIpc) is 3.12. The summed E-state index contributed by atoms with van der Waals surface area (Å²) in [5, 5.41) is 18.7. The maximum Gasteiger partial charge on any atom is 0.425 e. The molecule has 0 bridgehead atoms. The van der Waals surface area contributed by atoms with Gasteiger partial charge in [-0.25, -0.2) is 13.6 Å². The van der Waals surface area contributed by atoms with E-state index in [9.17, 15) is 26.7 Å². The minimum atomic E-state index is -4.82. The van der Waals surface area contributed by atoms with Gasteiger partial charge in [-0.3, -0.25) is 10.3 Å². The molecule has 0 saturated carbocycles. The lowest BCUT2D eigenvalue weighted by Crippen LogP contribution is -2.41. The number of likely N-dealkylation sites (N-methyl/N-ethyl adjacent to an activating group) is 1. The van der Waals surface area contributed by atoms with Crippen molar-refractivity contribution in [2.45, 2.75) is 26.1 Å². The van der Waals surface area contributed by atoms with Crippen molar-refractivity contribution >= 4 is 41.1 Å². The van der Waals surface area contributed by atoms with Crippen LogP contribution in [0.1, 0.15) is 25.1 Å². The first-order valence-corrected chi connectivity index (χ1v) is 9.81. The van der Waals surface area contributed by atoms with Gasteiger partial charge in [0.1, 0.15) is 29.6 Å². The molecule has 7 nitrogen and oxygen atoms in total. The molecule has 180 valence electrons. The first kappa shape index (κ1) is 26.1. The summed E-state index contributed by atoms with van der Waals surface area (Å²) in [5.74, 6) is -3.27. The van der Waals surface area contributed by atoms with Gasteiger partial charge >= 0.3 is 12.2 Å². The third-order valence-electron chi connectivity index (χ3n) is 4.38. The van der Waals surface area contributed by atoms with Crippen LogP contribution in [0.3, 0.4) is 0 Å². The molecule has 1 aromatic carbocycles. The van der Waals surface area contributed by atoms with Crippen molar-refractivity contribution in [1.82, 2.24) is 9.88 Å². The Balaban J connectivity index is 2.51. The summed E-state index contributed by atoms with van der Waals surface area (Å²) in [6.45, 7) is 1.36. The fourth-order valence-corrected chi connectivity index (χ4v) is 2.84. The van der Waals surface area contributed by atoms with Gasteiger partial charge in [0.2, 0.25) is 0 Å². The second-order valence-electron chi connectivity index (χ2n) is 6.61. The zero-order valence-electron chi connectivity index (χ0n) is 17.4. The Morgan fingerprint density at radius 2 is 2.09 bits per heavy atom. The Bertz CT molecular complexity index is 1030. The molecule has 0 aliphatic heterocycles. The molecule has 0 aliphatic carbocycles. The number of carbonyl (C=O) groups is 1. The lowest BCUT2D eigenvalue weighted by atomic mass is 10.1. The van der Waals surface area contributed by atoms with Gasteiger partial charge in [0.05, 0.1) is 5.02 Å². The minimum Gasteiger partial charge on any atom is -0.477 e. The van der Waals surface area contributed by atoms with E-state index in [1.54, 1.807) is 0 Å². The molecule has 4 N–H and O–H groups in total. The van der Waals surface area contributed by atoms with Crippen LogP contribution in [0.15, 0.2) is 24.4 Å². The zero-order valence-corrected chi connectivity index (χ0v) is 18.1. The number of carbonyl (C=O) groups excluding carboxylic acids is 1. The van der Waals surface area contributed by atoms with E-state index in [4.69, 9.17) is 26.9 Å². The molecule has 0 saturated heterocycles. The number of amidine groups is 1. The summed E-state index contributed by atoms with van der Waals surface area (Å²) < 4.78 is 73.2. The summed E-state index contributed by atoms with van der Waals surface area (Å²) >= 11 is 5.87. The van der Waals surface area contributed by atoms with Crippen LogP contribution in [-0.2, 0) is 0 Å². The van der Waals surface area contributed by atoms with Crippen LogP contribution in [0.2, 0.25) is 5.02 Å². The summed E-state index contributed by atoms with van der Waals surface area (Å²) in [7, 11) is 0. The Morgan fingerprint density at radius 1 is 1.42 bits per heavy atom. The smallest absolute Gasteiger partial charge is 0.425 e. The number of halogens is 6. The Kier molecular flexibility index (Phi) is 8.45. The molecule has 2 aromatic rings. The van der Waals surface area contributed by atoms with E-state index < -0.39 is 53.8 Å². The van der Waals surface area contributed by atoms with E-state index in [1.165, 1.54) is 19.1 Å². The van der Waals surface area contributed by atoms with Gasteiger partial charge in [-0.1, -0.05) is 17.7 Å². The van der Waals surface area contributed by atoms with Gasteiger partial charge in [0, 0.05) is 18.3 Å². The van der Waals surface area contributed by atoms with Crippen LogP contribution in [0, 0.1) is 11.2 Å². The van der Waals surface area contributed by atoms with Gasteiger partial charge in [-0.15, -0.1) is 0 Å². The highest BCUT2D eigenvalue weighted by Crippen LogP contribution is 2.38. The van der Waals surface area contributed by atoms with E-state index in [-0.39, 0.29) is 22.8 Å². The van der Waals surface area contributed by atoms with Gasteiger partial charge in [-0.2, -0.15) is 13.2 Å². The predicted molar refractivity (Wildman–Crippen MR) is 114 cm³/mol. The molecular formula is C20H20ClF5N4O3. The van der Waals surface area contributed by atoms with Crippen molar-refractivity contribution < 1.29 is 36.6 Å². The Hall–Kier alpha value is -3.12. The Morgan fingerprint density at radius 3 is 2.64 bits per heavy atom. The molecule has 0 unspecified atom stereocenters. The molecule has 0 fully saturated rings. The second kappa shape index (κ2) is 10.7. The lowest BCUT2D eigenvalue weighted by molar-refractivity contribution is -0.189. The molecule has 2 amide bonds. The number of aromatic amines is 1. The largest absolute Gasteiger partial charge is 0.477 e. The van der Waals surface area contributed by atoms with E-state index in [0.717, 1.165) is 17.2 Å². The first-order valence-electron chi connectivity index (χ1n) is 9.43. The number of nitrogens with one attached hydrogen (secondary N) is 3. The minimum absolute atomic E-state index is 0.0440. The number of ether oxygens (including phenoxy) is 1. The van der Waals surface area contributed by atoms with E-state index >= 15 is 0 Å². The number of rotatable bonds is 7. The maximum atomic E-state index is 15.0. The van der Waals surface area contributed by atoms with Crippen LogP contribution in [-0.4, -0.2) is 52.3 Å². The van der Waals surface area contributed by atoms with Crippen LogP contribution < -0.4 is 10.1 Å². The molecular weight excluding hydrogens is 475 g/mol. The summed E-state index contributed by atoms with van der Waals surface area (Å²) in [5.41, 5.74) is -1.33. The van der Waals surface area contributed by atoms with Crippen molar-refractivity contribution in [3.63, 3.8) is 0 Å². The second-order valence-corrected chi connectivity index (χ2v) is 7.02. The number of amides is 2. The highest BCUT2D eigenvalue weighted by atomic mass is 35.5. The topological polar surface area (TPSA) is 101 Å². The third-order valence-corrected chi connectivity index (χ3v) is 4.71. The van der Waals surface area contributed by atoms with Crippen LogP contribution >= 0.6 is 11.6 Å². The normalized spacial score (nSPS) is 12.9. The molecule has 0 spiro atoms. The Labute approximate surface area is 190 Å². The summed E-state index contributed by atoms with van der Waals surface area (Å²) in [6.07, 6.45) is -5.58. The molecule has 1 atom stereocenters. The number of nitrogens with zero attached hydrogens (tertiary/aromatic N) is 1. The summed E-state index contributed by atoms with van der Waals surface area (Å²) in [6, 6.07) is 2.62.